The normalized spacial score (nSPS) is 19.7. The van der Waals surface area contributed by atoms with Crippen molar-refractivity contribution in [1.29, 1.82) is 0 Å². The number of carbonyl (C=O) groups excluding carboxylic acids is 1. The van der Waals surface area contributed by atoms with Gasteiger partial charge in [0.05, 0.1) is 5.54 Å². The largest absolute Gasteiger partial charge is 0.368 e. The van der Waals surface area contributed by atoms with Gasteiger partial charge in [-0.05, 0) is 59.5 Å². The van der Waals surface area contributed by atoms with Crippen molar-refractivity contribution in [2.24, 2.45) is 5.73 Å². The molecule has 118 valence electrons. The third-order valence-corrected chi connectivity index (χ3v) is 4.52. The number of nitrogens with zero attached hydrogens (tertiary/aromatic N) is 1. The monoisotopic (exact) mass is 283 g/mol. The molecule has 1 rings (SSSR count). The summed E-state index contributed by atoms with van der Waals surface area (Å²) in [6.45, 7) is 10.5. The molecular formula is C16H33N3O. The average molecular weight is 283 g/mol. The van der Waals surface area contributed by atoms with Crippen LogP contribution in [-0.4, -0.2) is 41.5 Å². The van der Waals surface area contributed by atoms with Crippen LogP contribution in [0.15, 0.2) is 0 Å². The van der Waals surface area contributed by atoms with Crippen LogP contribution < -0.4 is 11.1 Å². The molecule has 0 saturated heterocycles. The van der Waals surface area contributed by atoms with Gasteiger partial charge in [-0.25, -0.2) is 0 Å². The molecule has 1 fully saturated rings. The van der Waals surface area contributed by atoms with Crippen molar-refractivity contribution < 1.29 is 4.79 Å². The maximum Gasteiger partial charge on any atom is 0.237 e. The highest BCUT2D eigenvalue weighted by Crippen LogP contribution is 2.24. The van der Waals surface area contributed by atoms with Gasteiger partial charge in [0, 0.05) is 12.1 Å². The Bertz CT molecular complexity index is 300. The molecule has 1 amide bonds. The summed E-state index contributed by atoms with van der Waals surface area (Å²) in [4.78, 5) is 14.3. The molecule has 1 atom stereocenters. The van der Waals surface area contributed by atoms with Crippen LogP contribution in [-0.2, 0) is 4.79 Å². The van der Waals surface area contributed by atoms with Crippen LogP contribution in [0.3, 0.4) is 0 Å². The Kier molecular flexibility index (Phi) is 6.96. The summed E-state index contributed by atoms with van der Waals surface area (Å²) in [5.41, 5.74) is 5.00. The second-order valence-electron chi connectivity index (χ2n) is 6.67. The molecule has 0 aromatic heterocycles. The van der Waals surface area contributed by atoms with Gasteiger partial charge in [0.25, 0.3) is 0 Å². The van der Waals surface area contributed by atoms with Gasteiger partial charge in [-0.3, -0.25) is 4.79 Å². The lowest BCUT2D eigenvalue weighted by Gasteiger charge is -2.32. The van der Waals surface area contributed by atoms with E-state index in [9.17, 15) is 4.79 Å². The van der Waals surface area contributed by atoms with Gasteiger partial charge in [-0.1, -0.05) is 19.8 Å². The van der Waals surface area contributed by atoms with Gasteiger partial charge >= 0.3 is 0 Å². The minimum absolute atomic E-state index is 0.241. The third-order valence-electron chi connectivity index (χ3n) is 4.52. The summed E-state index contributed by atoms with van der Waals surface area (Å²) in [5, 5.41) is 3.32. The second-order valence-corrected chi connectivity index (χ2v) is 6.67. The van der Waals surface area contributed by atoms with E-state index in [0.29, 0.717) is 0 Å². The lowest BCUT2D eigenvalue weighted by molar-refractivity contribution is -0.124. The predicted octanol–water partition coefficient (Wildman–Crippen LogP) is 2.27. The lowest BCUT2D eigenvalue weighted by atomic mass is 9.93. The standard InChI is InChI=1S/C16H33N3O/c1-5-19(14-9-6-7-10-14)12-8-11-16(4,15(17)20)18-13(2)3/h13-14,18H,5-12H2,1-4H3,(H2,17,20). The average Bonchev–Trinajstić information content (AvgIpc) is 2.87. The molecule has 1 aliphatic carbocycles. The van der Waals surface area contributed by atoms with Gasteiger partial charge in [0.1, 0.15) is 0 Å². The van der Waals surface area contributed by atoms with E-state index < -0.39 is 5.54 Å². The highest BCUT2D eigenvalue weighted by atomic mass is 16.1. The van der Waals surface area contributed by atoms with Gasteiger partial charge in [0.15, 0.2) is 0 Å². The van der Waals surface area contributed by atoms with Crippen LogP contribution >= 0.6 is 0 Å². The minimum Gasteiger partial charge on any atom is -0.368 e. The first-order valence-electron chi connectivity index (χ1n) is 8.20. The lowest BCUT2D eigenvalue weighted by Crippen LogP contribution is -2.55. The Hall–Kier alpha value is -0.610. The highest BCUT2D eigenvalue weighted by Gasteiger charge is 2.31. The van der Waals surface area contributed by atoms with Crippen LogP contribution in [0.25, 0.3) is 0 Å². The number of amides is 1. The van der Waals surface area contributed by atoms with E-state index in [1.807, 2.05) is 6.92 Å². The first-order valence-corrected chi connectivity index (χ1v) is 8.20. The maximum absolute atomic E-state index is 11.7. The van der Waals surface area contributed by atoms with Crippen LogP contribution in [0, 0.1) is 0 Å². The van der Waals surface area contributed by atoms with E-state index in [4.69, 9.17) is 5.73 Å². The van der Waals surface area contributed by atoms with Crippen LogP contribution in [0.5, 0.6) is 0 Å². The van der Waals surface area contributed by atoms with E-state index in [-0.39, 0.29) is 11.9 Å². The zero-order valence-electron chi connectivity index (χ0n) is 13.7. The van der Waals surface area contributed by atoms with Gasteiger partial charge in [-0.15, -0.1) is 0 Å². The Morgan fingerprint density at radius 2 is 2.00 bits per heavy atom. The Morgan fingerprint density at radius 1 is 1.40 bits per heavy atom. The topological polar surface area (TPSA) is 58.4 Å². The zero-order chi connectivity index (χ0) is 15.2. The molecule has 0 heterocycles. The number of nitrogens with two attached hydrogens (primary N) is 1. The number of hydrogen-bond donors (Lipinski definition) is 2. The van der Waals surface area contributed by atoms with Crippen molar-refractivity contribution >= 4 is 5.91 Å². The SMILES string of the molecule is CCN(CCCC(C)(NC(C)C)C(N)=O)C1CCCC1. The molecule has 0 aromatic carbocycles. The van der Waals surface area contributed by atoms with Gasteiger partial charge in [0.2, 0.25) is 5.91 Å². The smallest absolute Gasteiger partial charge is 0.237 e. The van der Waals surface area contributed by atoms with Gasteiger partial charge < -0.3 is 16.0 Å². The molecule has 4 nitrogen and oxygen atoms in total. The van der Waals surface area contributed by atoms with E-state index >= 15 is 0 Å². The fourth-order valence-corrected chi connectivity index (χ4v) is 3.41. The predicted molar refractivity (Wildman–Crippen MR) is 84.6 cm³/mol. The quantitative estimate of drug-likeness (QED) is 0.682. The number of carbonyl (C=O) groups is 1. The van der Waals surface area contributed by atoms with E-state index in [1.165, 1.54) is 25.7 Å². The van der Waals surface area contributed by atoms with Crippen molar-refractivity contribution in [1.82, 2.24) is 10.2 Å². The summed E-state index contributed by atoms with van der Waals surface area (Å²) in [6, 6.07) is 1.03. The highest BCUT2D eigenvalue weighted by molar-refractivity contribution is 5.84. The molecule has 0 bridgehead atoms. The molecule has 0 spiro atoms. The van der Waals surface area contributed by atoms with Crippen molar-refractivity contribution in [2.45, 2.75) is 83.8 Å². The molecule has 0 radical (unpaired) electrons. The molecule has 1 unspecified atom stereocenters. The van der Waals surface area contributed by atoms with Crippen LogP contribution in [0.4, 0.5) is 0 Å². The zero-order valence-corrected chi connectivity index (χ0v) is 13.7. The van der Waals surface area contributed by atoms with E-state index in [0.717, 1.165) is 32.0 Å². The third kappa shape index (κ3) is 5.06. The maximum atomic E-state index is 11.7. The molecule has 1 aliphatic rings. The summed E-state index contributed by atoms with van der Waals surface area (Å²) < 4.78 is 0. The summed E-state index contributed by atoms with van der Waals surface area (Å²) in [5.74, 6) is -0.241. The molecule has 0 aliphatic heterocycles. The Balaban J connectivity index is 2.44. The number of nitrogens with one attached hydrogen (secondary N) is 1. The van der Waals surface area contributed by atoms with Crippen molar-refractivity contribution in [3.63, 3.8) is 0 Å². The molecule has 4 heteroatoms. The molecule has 20 heavy (non-hydrogen) atoms. The number of hydrogen-bond acceptors (Lipinski definition) is 3. The molecular weight excluding hydrogens is 250 g/mol. The minimum atomic E-state index is -0.580. The molecule has 3 N–H and O–H groups in total. The van der Waals surface area contributed by atoms with E-state index in [2.05, 4.69) is 31.0 Å². The first-order chi connectivity index (χ1) is 9.39. The van der Waals surface area contributed by atoms with Crippen molar-refractivity contribution in [2.75, 3.05) is 13.1 Å². The number of primary amides is 1. The van der Waals surface area contributed by atoms with Crippen molar-refractivity contribution in [3.8, 4) is 0 Å². The fourth-order valence-electron chi connectivity index (χ4n) is 3.41. The van der Waals surface area contributed by atoms with E-state index in [1.54, 1.807) is 0 Å². The first kappa shape index (κ1) is 17.4. The van der Waals surface area contributed by atoms with Crippen molar-refractivity contribution in [3.05, 3.63) is 0 Å². The summed E-state index contributed by atoms with van der Waals surface area (Å²) in [6.07, 6.45) is 7.24. The number of rotatable bonds is 9. The fraction of sp³-hybridized carbons (Fsp3) is 0.938. The second kappa shape index (κ2) is 7.99. The Labute approximate surface area is 124 Å². The molecule has 1 saturated carbocycles. The Morgan fingerprint density at radius 3 is 2.45 bits per heavy atom. The van der Waals surface area contributed by atoms with Crippen LogP contribution in [0.1, 0.15) is 66.2 Å². The van der Waals surface area contributed by atoms with Gasteiger partial charge in [-0.2, -0.15) is 0 Å². The summed E-state index contributed by atoms with van der Waals surface area (Å²) in [7, 11) is 0. The molecule has 0 aromatic rings. The van der Waals surface area contributed by atoms with Crippen LogP contribution in [0.2, 0.25) is 0 Å². The summed E-state index contributed by atoms with van der Waals surface area (Å²) >= 11 is 0.